The average molecular weight is 184 g/mol. The molecule has 0 aromatic carbocycles. The van der Waals surface area contributed by atoms with Crippen LogP contribution >= 0.6 is 0 Å². The van der Waals surface area contributed by atoms with Crippen molar-refractivity contribution in [1.29, 1.82) is 0 Å². The predicted molar refractivity (Wildman–Crippen MR) is 49.0 cm³/mol. The highest BCUT2D eigenvalue weighted by Crippen LogP contribution is 2.07. The second kappa shape index (κ2) is 3.04. The molecule has 13 heavy (non-hydrogen) atoms. The number of nitrogens with zero attached hydrogens (tertiary/aromatic N) is 2. The molecule has 1 heterocycles. The standard InChI is InChI=1S/C7H12N4O2/c1-7(2,3)4-8-11-5(12)9-10-6(11)13/h4H,1-3H3,(H,9,12)(H,10,13)/b8-4+. The molecule has 1 rings (SSSR count). The summed E-state index contributed by atoms with van der Waals surface area (Å²) in [5.41, 5.74) is -1.29. The molecule has 0 aliphatic heterocycles. The third kappa shape index (κ3) is 2.43. The lowest BCUT2D eigenvalue weighted by molar-refractivity contribution is 0.597. The van der Waals surface area contributed by atoms with Crippen LogP contribution in [0.1, 0.15) is 20.8 Å². The van der Waals surface area contributed by atoms with E-state index in [0.717, 1.165) is 4.68 Å². The minimum absolute atomic E-state index is 0.164. The highest BCUT2D eigenvalue weighted by Gasteiger charge is 2.06. The van der Waals surface area contributed by atoms with Gasteiger partial charge in [0.15, 0.2) is 0 Å². The molecule has 2 N–H and O–H groups in total. The first-order valence-electron chi connectivity index (χ1n) is 3.85. The molecule has 0 bridgehead atoms. The minimum atomic E-state index is -0.564. The van der Waals surface area contributed by atoms with Crippen LogP contribution in [0.5, 0.6) is 0 Å². The molecule has 0 unspecified atom stereocenters. The largest absolute Gasteiger partial charge is 0.365 e. The summed E-state index contributed by atoms with van der Waals surface area (Å²) in [4.78, 5) is 21.8. The van der Waals surface area contributed by atoms with E-state index in [1.54, 1.807) is 0 Å². The van der Waals surface area contributed by atoms with Crippen LogP contribution < -0.4 is 11.4 Å². The Morgan fingerprint density at radius 1 is 1.23 bits per heavy atom. The van der Waals surface area contributed by atoms with Crippen LogP contribution in [0.2, 0.25) is 0 Å². The zero-order chi connectivity index (χ0) is 10.1. The molecule has 0 aliphatic carbocycles. The van der Waals surface area contributed by atoms with Gasteiger partial charge in [0.25, 0.3) is 0 Å². The van der Waals surface area contributed by atoms with Crippen LogP contribution in [-0.2, 0) is 0 Å². The van der Waals surface area contributed by atoms with Crippen molar-refractivity contribution in [2.45, 2.75) is 20.8 Å². The van der Waals surface area contributed by atoms with Crippen LogP contribution in [0, 0.1) is 5.41 Å². The highest BCUT2D eigenvalue weighted by molar-refractivity contribution is 5.63. The summed E-state index contributed by atoms with van der Waals surface area (Å²) >= 11 is 0. The topological polar surface area (TPSA) is 83.0 Å². The van der Waals surface area contributed by atoms with Crippen LogP contribution in [0.15, 0.2) is 14.7 Å². The summed E-state index contributed by atoms with van der Waals surface area (Å²) in [7, 11) is 0. The fraction of sp³-hybridized carbons (Fsp3) is 0.571. The second-order valence-electron chi connectivity index (χ2n) is 3.78. The predicted octanol–water partition coefficient (Wildman–Crippen LogP) is -0.255. The van der Waals surface area contributed by atoms with Gasteiger partial charge in [0.1, 0.15) is 0 Å². The van der Waals surface area contributed by atoms with Crippen molar-refractivity contribution in [2.24, 2.45) is 10.5 Å². The van der Waals surface area contributed by atoms with E-state index in [0.29, 0.717) is 0 Å². The Morgan fingerprint density at radius 2 is 1.69 bits per heavy atom. The number of hydrogen-bond donors (Lipinski definition) is 2. The molecule has 0 aliphatic rings. The molecule has 1 aromatic heterocycles. The van der Waals surface area contributed by atoms with E-state index in [9.17, 15) is 9.59 Å². The molecule has 0 amide bonds. The zero-order valence-electron chi connectivity index (χ0n) is 7.79. The van der Waals surface area contributed by atoms with Gasteiger partial charge in [0.2, 0.25) is 0 Å². The zero-order valence-corrected chi connectivity index (χ0v) is 7.79. The normalized spacial score (nSPS) is 12.5. The summed E-state index contributed by atoms with van der Waals surface area (Å²) in [5.74, 6) is 0. The van der Waals surface area contributed by atoms with Crippen molar-refractivity contribution in [3.8, 4) is 0 Å². The van der Waals surface area contributed by atoms with Gasteiger partial charge in [-0.2, -0.15) is 5.10 Å². The minimum Gasteiger partial charge on any atom is -0.246 e. The summed E-state index contributed by atoms with van der Waals surface area (Å²) in [5, 5.41) is 8.00. The van der Waals surface area contributed by atoms with Crippen molar-refractivity contribution >= 4 is 6.21 Å². The first-order valence-corrected chi connectivity index (χ1v) is 3.85. The lowest BCUT2D eigenvalue weighted by Crippen LogP contribution is -2.23. The van der Waals surface area contributed by atoms with Gasteiger partial charge in [-0.05, 0) is 5.41 Å². The van der Waals surface area contributed by atoms with Gasteiger partial charge in [-0.1, -0.05) is 20.8 Å². The van der Waals surface area contributed by atoms with E-state index < -0.39 is 11.4 Å². The molecule has 0 saturated carbocycles. The van der Waals surface area contributed by atoms with Gasteiger partial charge in [-0.15, -0.1) is 4.68 Å². The van der Waals surface area contributed by atoms with Gasteiger partial charge in [0, 0.05) is 6.21 Å². The molecule has 0 spiro atoms. The van der Waals surface area contributed by atoms with Gasteiger partial charge < -0.3 is 0 Å². The average Bonchev–Trinajstić information content (AvgIpc) is 2.27. The maximum atomic E-state index is 10.9. The van der Waals surface area contributed by atoms with Gasteiger partial charge in [-0.25, -0.2) is 19.8 Å². The number of nitrogens with one attached hydrogen (secondary N) is 2. The second-order valence-corrected chi connectivity index (χ2v) is 3.78. The lowest BCUT2D eigenvalue weighted by Gasteiger charge is -2.08. The third-order valence-corrected chi connectivity index (χ3v) is 1.22. The Hall–Kier alpha value is -1.59. The monoisotopic (exact) mass is 184 g/mol. The Kier molecular flexibility index (Phi) is 2.22. The van der Waals surface area contributed by atoms with E-state index in [-0.39, 0.29) is 5.41 Å². The van der Waals surface area contributed by atoms with Crippen molar-refractivity contribution in [1.82, 2.24) is 14.9 Å². The smallest absolute Gasteiger partial charge is 0.246 e. The lowest BCUT2D eigenvalue weighted by atomic mass is 9.99. The fourth-order valence-electron chi connectivity index (χ4n) is 0.641. The van der Waals surface area contributed by atoms with Crippen LogP contribution in [-0.4, -0.2) is 21.1 Å². The summed E-state index contributed by atoms with van der Waals surface area (Å²) < 4.78 is 0.741. The van der Waals surface area contributed by atoms with E-state index in [4.69, 9.17) is 0 Å². The quantitative estimate of drug-likeness (QED) is 0.589. The molecule has 6 heteroatoms. The number of H-pyrrole nitrogens is 2. The fourth-order valence-corrected chi connectivity index (χ4v) is 0.641. The molecule has 0 atom stereocenters. The Morgan fingerprint density at radius 3 is 2.08 bits per heavy atom. The number of hydrogen-bond acceptors (Lipinski definition) is 3. The van der Waals surface area contributed by atoms with E-state index in [2.05, 4.69) is 15.3 Å². The maximum absolute atomic E-state index is 10.9. The van der Waals surface area contributed by atoms with Crippen LogP contribution in [0.25, 0.3) is 0 Å². The van der Waals surface area contributed by atoms with Crippen molar-refractivity contribution in [3.05, 3.63) is 21.0 Å². The molecule has 0 radical (unpaired) electrons. The Bertz CT molecular complexity index is 387. The molecular weight excluding hydrogens is 172 g/mol. The number of rotatable bonds is 1. The summed E-state index contributed by atoms with van der Waals surface area (Å²) in [6.07, 6.45) is 1.54. The van der Waals surface area contributed by atoms with Gasteiger partial charge >= 0.3 is 11.4 Å². The first kappa shape index (κ1) is 9.50. The molecule has 72 valence electrons. The summed E-state index contributed by atoms with van der Waals surface area (Å²) in [6.45, 7) is 5.76. The molecule has 6 nitrogen and oxygen atoms in total. The van der Waals surface area contributed by atoms with Crippen molar-refractivity contribution in [2.75, 3.05) is 0 Å². The Labute approximate surface area is 74.3 Å². The molecular formula is C7H12N4O2. The van der Waals surface area contributed by atoms with E-state index in [1.165, 1.54) is 6.21 Å². The first-order chi connectivity index (χ1) is 5.90. The molecule has 0 saturated heterocycles. The maximum Gasteiger partial charge on any atom is 0.365 e. The van der Waals surface area contributed by atoms with Gasteiger partial charge in [0.05, 0.1) is 0 Å². The SMILES string of the molecule is CC(C)(C)/C=N/n1c(=O)[nH][nH]c1=O. The van der Waals surface area contributed by atoms with Gasteiger partial charge in [-0.3, -0.25) is 0 Å². The van der Waals surface area contributed by atoms with Crippen molar-refractivity contribution in [3.63, 3.8) is 0 Å². The molecule has 0 fully saturated rings. The van der Waals surface area contributed by atoms with Crippen molar-refractivity contribution < 1.29 is 0 Å². The summed E-state index contributed by atoms with van der Waals surface area (Å²) in [6, 6.07) is 0. The molecule has 1 aromatic rings. The third-order valence-electron chi connectivity index (χ3n) is 1.22. The number of aromatic nitrogens is 3. The van der Waals surface area contributed by atoms with E-state index >= 15 is 0 Å². The Balaban J connectivity index is 3.06. The van der Waals surface area contributed by atoms with Crippen LogP contribution in [0.3, 0.4) is 0 Å². The number of aromatic amines is 2. The van der Waals surface area contributed by atoms with Crippen LogP contribution in [0.4, 0.5) is 0 Å². The van der Waals surface area contributed by atoms with E-state index in [1.807, 2.05) is 20.8 Å². The highest BCUT2D eigenvalue weighted by atomic mass is 16.2.